The molecule has 0 aliphatic carbocycles. The summed E-state index contributed by atoms with van der Waals surface area (Å²) < 4.78 is 0. The van der Waals surface area contributed by atoms with Gasteiger partial charge in [0, 0.05) is 6.42 Å². The molecule has 2 nitrogen and oxygen atoms in total. The zero-order valence-corrected chi connectivity index (χ0v) is 13.6. The van der Waals surface area contributed by atoms with E-state index in [1.165, 1.54) is 32.1 Å². The van der Waals surface area contributed by atoms with Gasteiger partial charge in [-0.15, -0.1) is 0 Å². The van der Waals surface area contributed by atoms with E-state index < -0.39 is 6.10 Å². The Labute approximate surface area is 129 Å². The van der Waals surface area contributed by atoms with Gasteiger partial charge < -0.3 is 5.11 Å². The molecule has 0 aromatic heterocycles. The molecule has 0 heterocycles. The molecular formula is C19H30O2. The standard InChI is InChI=1S/C19H30O2/c1-3-5-6-7-8-9-10-14-18(20)19(21)17-13-11-12-16(4-2)15-17/h11-13,15,19,21H,3-10,14H2,1-2H3. The van der Waals surface area contributed by atoms with E-state index in [9.17, 15) is 9.90 Å². The predicted octanol–water partition coefficient (Wildman–Crippen LogP) is 4.99. The van der Waals surface area contributed by atoms with Crippen LogP contribution < -0.4 is 0 Å². The molecule has 0 bridgehead atoms. The first kappa shape index (κ1) is 17.9. The molecule has 118 valence electrons. The second kappa shape index (κ2) is 10.6. The molecular weight excluding hydrogens is 260 g/mol. The minimum Gasteiger partial charge on any atom is -0.381 e. The van der Waals surface area contributed by atoms with Crippen LogP contribution in [0.15, 0.2) is 24.3 Å². The smallest absolute Gasteiger partial charge is 0.165 e. The molecule has 1 aromatic carbocycles. The summed E-state index contributed by atoms with van der Waals surface area (Å²) in [5.41, 5.74) is 1.90. The fraction of sp³-hybridized carbons (Fsp3) is 0.632. The molecule has 0 aliphatic heterocycles. The number of ketones is 1. The summed E-state index contributed by atoms with van der Waals surface area (Å²) in [7, 11) is 0. The van der Waals surface area contributed by atoms with E-state index in [4.69, 9.17) is 0 Å². The Balaban J connectivity index is 2.27. The van der Waals surface area contributed by atoms with Crippen LogP contribution in [0.4, 0.5) is 0 Å². The molecule has 0 saturated carbocycles. The van der Waals surface area contributed by atoms with E-state index in [2.05, 4.69) is 13.8 Å². The van der Waals surface area contributed by atoms with Gasteiger partial charge in [-0.1, -0.05) is 76.6 Å². The van der Waals surface area contributed by atoms with Crippen LogP contribution in [-0.2, 0) is 11.2 Å². The fourth-order valence-electron chi connectivity index (χ4n) is 2.56. The monoisotopic (exact) mass is 290 g/mol. The highest BCUT2D eigenvalue weighted by Crippen LogP contribution is 2.19. The molecule has 0 fully saturated rings. The van der Waals surface area contributed by atoms with Crippen LogP contribution in [0.5, 0.6) is 0 Å². The Bertz CT molecular complexity index is 412. The molecule has 1 atom stereocenters. The first-order valence-electron chi connectivity index (χ1n) is 8.48. The average molecular weight is 290 g/mol. The molecule has 1 rings (SSSR count). The van der Waals surface area contributed by atoms with Gasteiger partial charge in [-0.2, -0.15) is 0 Å². The number of rotatable bonds is 11. The summed E-state index contributed by atoms with van der Waals surface area (Å²) in [6, 6.07) is 7.72. The van der Waals surface area contributed by atoms with E-state index in [1.807, 2.05) is 24.3 Å². The first-order valence-corrected chi connectivity index (χ1v) is 8.48. The van der Waals surface area contributed by atoms with E-state index in [1.54, 1.807) is 0 Å². The number of aliphatic hydroxyl groups is 1. The Morgan fingerprint density at radius 3 is 2.38 bits per heavy atom. The number of carbonyl (C=O) groups is 1. The quantitative estimate of drug-likeness (QED) is 0.583. The number of benzene rings is 1. The molecule has 1 unspecified atom stereocenters. The van der Waals surface area contributed by atoms with Crippen LogP contribution in [0.1, 0.15) is 82.4 Å². The number of carbonyl (C=O) groups excluding carboxylic acids is 1. The van der Waals surface area contributed by atoms with Crippen molar-refractivity contribution in [2.75, 3.05) is 0 Å². The summed E-state index contributed by atoms with van der Waals surface area (Å²) in [5.74, 6) is -0.0446. The molecule has 0 aliphatic rings. The summed E-state index contributed by atoms with van der Waals surface area (Å²) in [6.07, 6.45) is 8.81. The minimum atomic E-state index is -0.948. The van der Waals surface area contributed by atoms with Crippen molar-refractivity contribution in [2.24, 2.45) is 0 Å². The van der Waals surface area contributed by atoms with Crippen LogP contribution in [0, 0.1) is 0 Å². The maximum atomic E-state index is 12.0. The van der Waals surface area contributed by atoms with Crippen LogP contribution in [0.3, 0.4) is 0 Å². The third kappa shape index (κ3) is 6.90. The molecule has 1 aromatic rings. The van der Waals surface area contributed by atoms with Crippen LogP contribution in [0.2, 0.25) is 0 Å². The van der Waals surface area contributed by atoms with E-state index in [-0.39, 0.29) is 5.78 Å². The number of aliphatic hydroxyl groups excluding tert-OH is 1. The number of unbranched alkanes of at least 4 members (excludes halogenated alkanes) is 6. The Morgan fingerprint density at radius 2 is 1.71 bits per heavy atom. The summed E-state index contributed by atoms with van der Waals surface area (Å²) in [4.78, 5) is 12.0. The lowest BCUT2D eigenvalue weighted by atomic mass is 9.98. The largest absolute Gasteiger partial charge is 0.381 e. The lowest BCUT2D eigenvalue weighted by molar-refractivity contribution is -0.127. The molecule has 0 radical (unpaired) electrons. The minimum absolute atomic E-state index is 0.0446. The molecule has 0 saturated heterocycles. The molecule has 0 amide bonds. The number of hydrogen-bond donors (Lipinski definition) is 1. The Kier molecular flexibility index (Phi) is 9.00. The third-order valence-electron chi connectivity index (χ3n) is 4.01. The van der Waals surface area contributed by atoms with Crippen molar-refractivity contribution in [1.29, 1.82) is 0 Å². The highest BCUT2D eigenvalue weighted by Gasteiger charge is 2.16. The van der Waals surface area contributed by atoms with Crippen molar-refractivity contribution in [3.05, 3.63) is 35.4 Å². The number of Topliss-reactive ketones (excluding diaryl/α,β-unsaturated/α-hetero) is 1. The highest BCUT2D eigenvalue weighted by molar-refractivity contribution is 5.84. The third-order valence-corrected chi connectivity index (χ3v) is 4.01. The van der Waals surface area contributed by atoms with E-state index in [0.29, 0.717) is 6.42 Å². The second-order valence-corrected chi connectivity index (χ2v) is 5.84. The lowest BCUT2D eigenvalue weighted by Crippen LogP contribution is -2.12. The molecule has 1 N–H and O–H groups in total. The van der Waals surface area contributed by atoms with Gasteiger partial charge >= 0.3 is 0 Å². The van der Waals surface area contributed by atoms with Crippen molar-refractivity contribution >= 4 is 5.78 Å². The van der Waals surface area contributed by atoms with Gasteiger partial charge in [0.05, 0.1) is 0 Å². The van der Waals surface area contributed by atoms with Crippen molar-refractivity contribution < 1.29 is 9.90 Å². The van der Waals surface area contributed by atoms with Crippen LogP contribution >= 0.6 is 0 Å². The van der Waals surface area contributed by atoms with Crippen molar-refractivity contribution in [3.8, 4) is 0 Å². The van der Waals surface area contributed by atoms with Gasteiger partial charge in [-0.3, -0.25) is 4.79 Å². The number of aryl methyl sites for hydroxylation is 1. The van der Waals surface area contributed by atoms with E-state index in [0.717, 1.165) is 30.4 Å². The topological polar surface area (TPSA) is 37.3 Å². The van der Waals surface area contributed by atoms with Crippen molar-refractivity contribution in [3.63, 3.8) is 0 Å². The summed E-state index contributed by atoms with van der Waals surface area (Å²) >= 11 is 0. The maximum Gasteiger partial charge on any atom is 0.165 e. The molecule has 2 heteroatoms. The van der Waals surface area contributed by atoms with Gasteiger partial charge in [0.1, 0.15) is 6.10 Å². The van der Waals surface area contributed by atoms with Gasteiger partial charge in [-0.25, -0.2) is 0 Å². The first-order chi connectivity index (χ1) is 10.2. The van der Waals surface area contributed by atoms with Crippen molar-refractivity contribution in [2.45, 2.75) is 77.7 Å². The summed E-state index contributed by atoms with van der Waals surface area (Å²) in [6.45, 7) is 4.29. The lowest BCUT2D eigenvalue weighted by Gasteiger charge is -2.11. The molecule has 0 spiro atoms. The molecule has 21 heavy (non-hydrogen) atoms. The van der Waals surface area contributed by atoms with Crippen molar-refractivity contribution in [1.82, 2.24) is 0 Å². The van der Waals surface area contributed by atoms with Crippen LogP contribution in [-0.4, -0.2) is 10.9 Å². The normalized spacial score (nSPS) is 12.3. The van der Waals surface area contributed by atoms with Gasteiger partial charge in [-0.05, 0) is 24.0 Å². The van der Waals surface area contributed by atoms with Crippen LogP contribution in [0.25, 0.3) is 0 Å². The fourth-order valence-corrected chi connectivity index (χ4v) is 2.56. The summed E-state index contributed by atoms with van der Waals surface area (Å²) in [5, 5.41) is 10.1. The van der Waals surface area contributed by atoms with E-state index >= 15 is 0 Å². The number of hydrogen-bond acceptors (Lipinski definition) is 2. The van der Waals surface area contributed by atoms with Gasteiger partial charge in [0.15, 0.2) is 5.78 Å². The Morgan fingerprint density at radius 1 is 1.05 bits per heavy atom. The SMILES string of the molecule is CCCCCCCCCC(=O)C(O)c1cccc(CC)c1. The average Bonchev–Trinajstić information content (AvgIpc) is 2.53. The second-order valence-electron chi connectivity index (χ2n) is 5.84. The van der Waals surface area contributed by atoms with Gasteiger partial charge in [0.2, 0.25) is 0 Å². The zero-order chi connectivity index (χ0) is 15.5. The predicted molar refractivity (Wildman–Crippen MR) is 88.4 cm³/mol. The zero-order valence-electron chi connectivity index (χ0n) is 13.6. The maximum absolute atomic E-state index is 12.0. The Hall–Kier alpha value is -1.15. The highest BCUT2D eigenvalue weighted by atomic mass is 16.3. The van der Waals surface area contributed by atoms with Gasteiger partial charge in [0.25, 0.3) is 0 Å².